The first-order valence-electron chi connectivity index (χ1n) is 6.66. The second kappa shape index (κ2) is 9.34. The maximum absolute atomic E-state index is 11.1. The molecule has 0 N–H and O–H groups in total. The third kappa shape index (κ3) is 6.77. The Morgan fingerprint density at radius 1 is 1.16 bits per heavy atom. The zero-order valence-electron chi connectivity index (χ0n) is 11.6. The van der Waals surface area contributed by atoms with Crippen LogP contribution in [0.5, 0.6) is 5.75 Å². The molecule has 19 heavy (non-hydrogen) atoms. The molecule has 0 heterocycles. The van der Waals surface area contributed by atoms with Crippen LogP contribution in [0.1, 0.15) is 36.5 Å². The second-order valence-corrected chi connectivity index (χ2v) is 4.33. The molecule has 1 aromatic rings. The van der Waals surface area contributed by atoms with E-state index in [1.807, 2.05) is 18.2 Å². The van der Waals surface area contributed by atoms with Crippen LogP contribution in [0.15, 0.2) is 36.9 Å². The third-order valence-electron chi connectivity index (χ3n) is 2.66. The first-order chi connectivity index (χ1) is 9.24. The molecule has 0 radical (unpaired) electrons. The summed E-state index contributed by atoms with van der Waals surface area (Å²) < 4.78 is 11.0. The van der Waals surface area contributed by atoms with Crippen LogP contribution in [0.3, 0.4) is 0 Å². The summed E-state index contributed by atoms with van der Waals surface area (Å²) in [5.74, 6) is 0.858. The number of ether oxygens (including phenoxy) is 2. The molecular weight excluding hydrogens is 240 g/mol. The van der Waals surface area contributed by atoms with Crippen LogP contribution in [0, 0.1) is 0 Å². The van der Waals surface area contributed by atoms with Crippen molar-refractivity contribution in [2.24, 2.45) is 0 Å². The molecule has 0 aliphatic carbocycles. The van der Waals surface area contributed by atoms with Gasteiger partial charge in [-0.05, 0) is 44.0 Å². The predicted octanol–water partition coefficient (Wildman–Crippen LogP) is 3.64. The highest BCUT2D eigenvalue weighted by Crippen LogP contribution is 2.12. The van der Waals surface area contributed by atoms with Gasteiger partial charge in [0.1, 0.15) is 5.75 Å². The normalized spacial score (nSPS) is 10.2. The highest BCUT2D eigenvalue weighted by atomic mass is 16.5. The Bertz CT molecular complexity index is 381. The Morgan fingerprint density at radius 2 is 1.84 bits per heavy atom. The molecule has 0 saturated heterocycles. The smallest absolute Gasteiger partial charge is 0.159 e. The number of Topliss-reactive ketones (excluding diaryl/α,β-unsaturated/α-hetero) is 1. The van der Waals surface area contributed by atoms with Gasteiger partial charge in [0.2, 0.25) is 0 Å². The molecule has 0 unspecified atom stereocenters. The average Bonchev–Trinajstić information content (AvgIpc) is 2.42. The average molecular weight is 262 g/mol. The highest BCUT2D eigenvalue weighted by Gasteiger charge is 1.99. The second-order valence-electron chi connectivity index (χ2n) is 4.33. The van der Waals surface area contributed by atoms with Crippen LogP contribution in [0.2, 0.25) is 0 Å². The van der Waals surface area contributed by atoms with Crippen LogP contribution in [-0.4, -0.2) is 25.6 Å². The summed E-state index contributed by atoms with van der Waals surface area (Å²) in [5, 5.41) is 0. The summed E-state index contributed by atoms with van der Waals surface area (Å²) >= 11 is 0. The molecule has 0 saturated carbocycles. The van der Waals surface area contributed by atoms with Gasteiger partial charge in [-0.2, -0.15) is 0 Å². The van der Waals surface area contributed by atoms with Gasteiger partial charge < -0.3 is 9.47 Å². The maximum Gasteiger partial charge on any atom is 0.159 e. The third-order valence-corrected chi connectivity index (χ3v) is 2.66. The summed E-state index contributed by atoms with van der Waals surface area (Å²) in [4.78, 5) is 11.1. The predicted molar refractivity (Wildman–Crippen MR) is 76.8 cm³/mol. The monoisotopic (exact) mass is 262 g/mol. The van der Waals surface area contributed by atoms with E-state index in [4.69, 9.17) is 9.47 Å². The molecule has 0 atom stereocenters. The van der Waals surface area contributed by atoms with Crippen molar-refractivity contribution in [3.8, 4) is 5.75 Å². The van der Waals surface area contributed by atoms with Crippen molar-refractivity contribution in [3.63, 3.8) is 0 Å². The fourth-order valence-corrected chi connectivity index (χ4v) is 1.57. The van der Waals surface area contributed by atoms with Crippen molar-refractivity contribution in [1.29, 1.82) is 0 Å². The van der Waals surface area contributed by atoms with E-state index in [2.05, 4.69) is 6.58 Å². The van der Waals surface area contributed by atoms with E-state index >= 15 is 0 Å². The van der Waals surface area contributed by atoms with E-state index in [0.717, 1.165) is 31.6 Å². The van der Waals surface area contributed by atoms with Crippen LogP contribution in [0.25, 0.3) is 0 Å². The van der Waals surface area contributed by atoms with E-state index < -0.39 is 0 Å². The van der Waals surface area contributed by atoms with E-state index in [9.17, 15) is 4.79 Å². The van der Waals surface area contributed by atoms with Crippen molar-refractivity contribution in [2.45, 2.75) is 26.2 Å². The van der Waals surface area contributed by atoms with Gasteiger partial charge in [0.05, 0.1) is 6.61 Å². The Kier molecular flexibility index (Phi) is 7.59. The van der Waals surface area contributed by atoms with Crippen molar-refractivity contribution in [2.75, 3.05) is 19.8 Å². The van der Waals surface area contributed by atoms with E-state index in [1.54, 1.807) is 19.1 Å². The molecule has 1 aromatic carbocycles. The Balaban J connectivity index is 2.09. The van der Waals surface area contributed by atoms with Crippen molar-refractivity contribution in [3.05, 3.63) is 42.5 Å². The fraction of sp³-hybridized carbons (Fsp3) is 0.438. The van der Waals surface area contributed by atoms with Gasteiger partial charge in [-0.15, -0.1) is 6.58 Å². The number of carbonyl (C=O) groups is 1. The minimum Gasteiger partial charge on any atom is -0.494 e. The van der Waals surface area contributed by atoms with Crippen molar-refractivity contribution < 1.29 is 14.3 Å². The minimum absolute atomic E-state index is 0.0690. The zero-order valence-corrected chi connectivity index (χ0v) is 11.6. The Labute approximate surface area is 115 Å². The van der Waals surface area contributed by atoms with E-state index in [-0.39, 0.29) is 5.78 Å². The van der Waals surface area contributed by atoms with E-state index in [1.165, 1.54) is 0 Å². The lowest BCUT2D eigenvalue weighted by atomic mass is 10.1. The molecule has 0 aromatic heterocycles. The van der Waals surface area contributed by atoms with Crippen LogP contribution < -0.4 is 4.74 Å². The summed E-state index contributed by atoms with van der Waals surface area (Å²) in [6.07, 6.45) is 4.79. The maximum atomic E-state index is 11.1. The molecule has 0 aliphatic heterocycles. The molecule has 0 amide bonds. The molecule has 0 fully saturated rings. The number of ketones is 1. The quantitative estimate of drug-likeness (QED) is 0.367. The molecule has 3 heteroatoms. The first-order valence-corrected chi connectivity index (χ1v) is 6.66. The van der Waals surface area contributed by atoms with Gasteiger partial charge in [-0.1, -0.05) is 6.08 Å². The molecule has 0 aliphatic rings. The van der Waals surface area contributed by atoms with Crippen molar-refractivity contribution >= 4 is 5.78 Å². The van der Waals surface area contributed by atoms with Gasteiger partial charge in [-0.25, -0.2) is 0 Å². The lowest BCUT2D eigenvalue weighted by Crippen LogP contribution is -2.04. The lowest BCUT2D eigenvalue weighted by Gasteiger charge is -2.07. The summed E-state index contributed by atoms with van der Waals surface area (Å²) in [6, 6.07) is 7.20. The number of carbonyl (C=O) groups excluding carboxylic acids is 1. The van der Waals surface area contributed by atoms with Gasteiger partial charge in [0.15, 0.2) is 5.78 Å². The molecule has 3 nitrogen and oxygen atoms in total. The topological polar surface area (TPSA) is 35.5 Å². The van der Waals surface area contributed by atoms with Crippen LogP contribution >= 0.6 is 0 Å². The largest absolute Gasteiger partial charge is 0.494 e. The number of hydrogen-bond donors (Lipinski definition) is 0. The number of rotatable bonds is 10. The van der Waals surface area contributed by atoms with Gasteiger partial charge in [0.25, 0.3) is 0 Å². The number of allylic oxidation sites excluding steroid dienone is 1. The number of benzene rings is 1. The number of unbranched alkanes of at least 4 members (excludes halogenated alkanes) is 1. The summed E-state index contributed by atoms with van der Waals surface area (Å²) in [6.45, 7) is 7.33. The number of hydrogen-bond acceptors (Lipinski definition) is 3. The van der Waals surface area contributed by atoms with Gasteiger partial charge in [0, 0.05) is 25.2 Å². The Hall–Kier alpha value is -1.61. The molecule has 0 bridgehead atoms. The van der Waals surface area contributed by atoms with Crippen LogP contribution in [-0.2, 0) is 4.74 Å². The van der Waals surface area contributed by atoms with Gasteiger partial charge >= 0.3 is 0 Å². The SMILES string of the molecule is C=CCCCOCCCOc1ccc(C(C)=O)cc1. The van der Waals surface area contributed by atoms with Crippen molar-refractivity contribution in [1.82, 2.24) is 0 Å². The standard InChI is InChI=1S/C16H22O3/c1-3-4-5-11-18-12-6-13-19-16-9-7-15(8-10-16)14(2)17/h3,7-10H,1,4-6,11-13H2,2H3. The molecule has 1 rings (SSSR count). The fourth-order valence-electron chi connectivity index (χ4n) is 1.57. The minimum atomic E-state index is 0.0690. The Morgan fingerprint density at radius 3 is 2.47 bits per heavy atom. The van der Waals surface area contributed by atoms with Gasteiger partial charge in [-0.3, -0.25) is 4.79 Å². The van der Waals surface area contributed by atoms with E-state index in [0.29, 0.717) is 18.8 Å². The van der Waals surface area contributed by atoms with Crippen LogP contribution in [0.4, 0.5) is 0 Å². The highest BCUT2D eigenvalue weighted by molar-refractivity contribution is 5.94. The zero-order chi connectivity index (χ0) is 13.9. The first kappa shape index (κ1) is 15.4. The lowest BCUT2D eigenvalue weighted by molar-refractivity contribution is 0.101. The summed E-state index contributed by atoms with van der Waals surface area (Å²) in [5.41, 5.74) is 0.706. The summed E-state index contributed by atoms with van der Waals surface area (Å²) in [7, 11) is 0. The molecular formula is C16H22O3. The molecule has 104 valence electrons. The molecule has 0 spiro atoms.